The Hall–Kier alpha value is -2.95. The Labute approximate surface area is 165 Å². The second-order valence-corrected chi connectivity index (χ2v) is 7.22. The molecule has 2 aliphatic rings. The quantitative estimate of drug-likeness (QED) is 0.793. The van der Waals surface area contributed by atoms with Crippen molar-refractivity contribution in [3.05, 3.63) is 59.7 Å². The summed E-state index contributed by atoms with van der Waals surface area (Å²) in [4.78, 5) is 15.0. The Balaban J connectivity index is 1.41. The number of fused-ring (bicyclic) bond motifs is 1. The van der Waals surface area contributed by atoms with Crippen LogP contribution in [0.5, 0.6) is 17.2 Å². The van der Waals surface area contributed by atoms with E-state index >= 15 is 0 Å². The largest absolute Gasteiger partial charge is 0.493 e. The Bertz CT molecular complexity index is 862. The number of benzene rings is 2. The van der Waals surface area contributed by atoms with E-state index in [2.05, 4.69) is 0 Å². The van der Waals surface area contributed by atoms with Gasteiger partial charge in [-0.1, -0.05) is 30.3 Å². The van der Waals surface area contributed by atoms with Crippen LogP contribution in [-0.4, -0.2) is 44.2 Å². The summed E-state index contributed by atoms with van der Waals surface area (Å²) in [6.45, 7) is 2.40. The normalized spacial score (nSPS) is 18.5. The minimum absolute atomic E-state index is 0.0536. The number of amides is 1. The first-order chi connectivity index (χ1) is 13.7. The minimum Gasteiger partial charge on any atom is -0.493 e. The van der Waals surface area contributed by atoms with Crippen LogP contribution in [0.1, 0.15) is 18.4 Å². The van der Waals surface area contributed by atoms with Crippen molar-refractivity contribution in [2.24, 2.45) is 5.92 Å². The van der Waals surface area contributed by atoms with Crippen molar-refractivity contribution >= 4 is 12.0 Å². The fraction of sp³-hybridized carbons (Fsp3) is 0.348. The van der Waals surface area contributed by atoms with Crippen LogP contribution >= 0.6 is 0 Å². The van der Waals surface area contributed by atoms with Crippen molar-refractivity contribution < 1.29 is 19.0 Å². The summed E-state index contributed by atoms with van der Waals surface area (Å²) in [5, 5.41) is 0. The van der Waals surface area contributed by atoms with E-state index in [1.807, 2.05) is 59.5 Å². The van der Waals surface area contributed by atoms with Gasteiger partial charge in [-0.2, -0.15) is 0 Å². The van der Waals surface area contributed by atoms with E-state index in [9.17, 15) is 4.79 Å². The van der Waals surface area contributed by atoms with Crippen LogP contribution in [0, 0.1) is 5.92 Å². The first kappa shape index (κ1) is 18.4. The molecule has 5 nitrogen and oxygen atoms in total. The van der Waals surface area contributed by atoms with E-state index < -0.39 is 0 Å². The van der Waals surface area contributed by atoms with Gasteiger partial charge in [-0.25, -0.2) is 0 Å². The summed E-state index contributed by atoms with van der Waals surface area (Å²) in [7, 11) is 1.62. The average molecular weight is 379 g/mol. The van der Waals surface area contributed by atoms with Gasteiger partial charge in [-0.3, -0.25) is 4.79 Å². The van der Waals surface area contributed by atoms with Gasteiger partial charge in [0.25, 0.3) is 5.91 Å². The lowest BCUT2D eigenvalue weighted by atomic mass is 9.97. The highest BCUT2D eigenvalue weighted by Crippen LogP contribution is 2.36. The number of carbonyl (C=O) groups excluding carboxylic acids is 1. The third kappa shape index (κ3) is 3.98. The highest BCUT2D eigenvalue weighted by atomic mass is 16.5. The van der Waals surface area contributed by atoms with Crippen molar-refractivity contribution in [1.29, 1.82) is 0 Å². The zero-order valence-corrected chi connectivity index (χ0v) is 16.1. The van der Waals surface area contributed by atoms with Crippen LogP contribution in [0.3, 0.4) is 0 Å². The first-order valence-electron chi connectivity index (χ1n) is 9.72. The molecule has 146 valence electrons. The summed E-state index contributed by atoms with van der Waals surface area (Å²) in [5.74, 6) is 2.67. The second kappa shape index (κ2) is 8.38. The number of rotatable bonds is 5. The second-order valence-electron chi connectivity index (χ2n) is 7.22. The molecule has 28 heavy (non-hydrogen) atoms. The third-order valence-corrected chi connectivity index (χ3v) is 5.24. The van der Waals surface area contributed by atoms with Crippen molar-refractivity contribution in [3.8, 4) is 17.2 Å². The number of ether oxygens (including phenoxy) is 3. The van der Waals surface area contributed by atoms with Gasteiger partial charge in [0.1, 0.15) is 12.4 Å². The van der Waals surface area contributed by atoms with Crippen LogP contribution in [0.4, 0.5) is 0 Å². The highest BCUT2D eigenvalue weighted by Gasteiger charge is 2.28. The maximum atomic E-state index is 13.0. The summed E-state index contributed by atoms with van der Waals surface area (Å²) in [6.07, 6.45) is 3.99. The Morgan fingerprint density at radius 2 is 2.04 bits per heavy atom. The number of piperidine rings is 1. The van der Waals surface area contributed by atoms with Crippen LogP contribution in [0.2, 0.25) is 0 Å². The lowest BCUT2D eigenvalue weighted by molar-refractivity contribution is -0.129. The molecule has 2 aromatic rings. The van der Waals surface area contributed by atoms with Gasteiger partial charge in [0.2, 0.25) is 0 Å². The zero-order chi connectivity index (χ0) is 19.3. The molecule has 1 atom stereocenters. The molecule has 2 heterocycles. The van der Waals surface area contributed by atoms with Gasteiger partial charge in [0.15, 0.2) is 11.5 Å². The molecular formula is C23H25NO4. The molecule has 0 saturated carbocycles. The van der Waals surface area contributed by atoms with Gasteiger partial charge >= 0.3 is 0 Å². The maximum absolute atomic E-state index is 13.0. The molecule has 2 aliphatic heterocycles. The molecule has 2 aromatic carbocycles. The highest BCUT2D eigenvalue weighted by molar-refractivity contribution is 5.99. The molecule has 1 amide bonds. The summed E-state index contributed by atoms with van der Waals surface area (Å²) >= 11 is 0. The van der Waals surface area contributed by atoms with Crippen molar-refractivity contribution in [2.75, 3.05) is 33.4 Å². The van der Waals surface area contributed by atoms with E-state index in [0.29, 0.717) is 36.1 Å². The maximum Gasteiger partial charge on any atom is 0.253 e. The molecule has 1 fully saturated rings. The third-order valence-electron chi connectivity index (χ3n) is 5.24. The van der Waals surface area contributed by atoms with Crippen LogP contribution in [0.15, 0.2) is 54.1 Å². The molecule has 0 aromatic heterocycles. The van der Waals surface area contributed by atoms with Crippen molar-refractivity contribution in [1.82, 2.24) is 4.90 Å². The summed E-state index contributed by atoms with van der Waals surface area (Å²) in [6, 6.07) is 15.5. The smallest absolute Gasteiger partial charge is 0.253 e. The van der Waals surface area contributed by atoms with E-state index in [4.69, 9.17) is 14.2 Å². The van der Waals surface area contributed by atoms with Gasteiger partial charge < -0.3 is 19.1 Å². The molecule has 0 bridgehead atoms. The van der Waals surface area contributed by atoms with Crippen LogP contribution in [0.25, 0.3) is 6.08 Å². The van der Waals surface area contributed by atoms with Crippen molar-refractivity contribution in [3.63, 3.8) is 0 Å². The molecule has 0 spiro atoms. The van der Waals surface area contributed by atoms with E-state index in [-0.39, 0.29) is 12.5 Å². The number of carbonyl (C=O) groups is 1. The molecule has 0 radical (unpaired) electrons. The molecule has 0 N–H and O–H groups in total. The number of hydrogen-bond acceptors (Lipinski definition) is 4. The van der Waals surface area contributed by atoms with Crippen LogP contribution in [-0.2, 0) is 4.79 Å². The zero-order valence-electron chi connectivity index (χ0n) is 16.1. The monoisotopic (exact) mass is 379 g/mol. The van der Waals surface area contributed by atoms with Gasteiger partial charge in [0.05, 0.1) is 19.3 Å². The fourth-order valence-corrected chi connectivity index (χ4v) is 3.78. The molecule has 4 rings (SSSR count). The number of hydrogen-bond donors (Lipinski definition) is 0. The first-order valence-corrected chi connectivity index (χ1v) is 9.72. The Morgan fingerprint density at radius 3 is 2.86 bits per heavy atom. The molecule has 0 aliphatic carbocycles. The molecular weight excluding hydrogens is 354 g/mol. The number of methoxy groups -OCH3 is 1. The molecule has 1 unspecified atom stereocenters. The summed E-state index contributed by atoms with van der Waals surface area (Å²) < 4.78 is 17.1. The Kier molecular flexibility index (Phi) is 5.51. The summed E-state index contributed by atoms with van der Waals surface area (Å²) in [5.41, 5.74) is 1.57. The number of nitrogens with zero attached hydrogens (tertiary/aromatic N) is 1. The molecule has 5 heteroatoms. The van der Waals surface area contributed by atoms with Gasteiger partial charge in [-0.05, 0) is 37.1 Å². The average Bonchev–Trinajstić information content (AvgIpc) is 2.77. The predicted molar refractivity (Wildman–Crippen MR) is 108 cm³/mol. The van der Waals surface area contributed by atoms with Gasteiger partial charge in [-0.15, -0.1) is 0 Å². The lowest BCUT2D eigenvalue weighted by Crippen LogP contribution is -2.43. The van der Waals surface area contributed by atoms with E-state index in [1.165, 1.54) is 0 Å². The van der Waals surface area contributed by atoms with E-state index in [1.54, 1.807) is 7.11 Å². The standard InChI is InChI=1S/C23H25NO4/c1-26-21-11-5-8-18-13-19(16-28-22(18)21)23(25)24-12-6-7-17(14-24)15-27-20-9-3-2-4-10-20/h2-5,8-11,13,17H,6-7,12,14-16H2,1H3. The van der Waals surface area contributed by atoms with Gasteiger partial charge in [0, 0.05) is 24.6 Å². The molecule has 1 saturated heterocycles. The predicted octanol–water partition coefficient (Wildman–Crippen LogP) is 3.79. The fourth-order valence-electron chi connectivity index (χ4n) is 3.78. The number of likely N-dealkylation sites (tertiary alicyclic amines) is 1. The van der Waals surface area contributed by atoms with Crippen LogP contribution < -0.4 is 14.2 Å². The number of para-hydroxylation sites is 2. The van der Waals surface area contributed by atoms with Crippen molar-refractivity contribution in [2.45, 2.75) is 12.8 Å². The topological polar surface area (TPSA) is 48.0 Å². The Morgan fingerprint density at radius 1 is 1.18 bits per heavy atom. The lowest BCUT2D eigenvalue weighted by Gasteiger charge is -2.33. The minimum atomic E-state index is 0.0536. The SMILES string of the molecule is COc1cccc2c1OCC(C(=O)N1CCCC(COc3ccccc3)C1)=C2. The van der Waals surface area contributed by atoms with E-state index in [0.717, 1.165) is 30.7 Å².